The molecule has 5 nitrogen and oxygen atoms in total. The van der Waals surface area contributed by atoms with Gasteiger partial charge in [0, 0.05) is 37.9 Å². The van der Waals surface area contributed by atoms with E-state index >= 15 is 0 Å². The van der Waals surface area contributed by atoms with Crippen molar-refractivity contribution < 1.29 is 9.90 Å². The summed E-state index contributed by atoms with van der Waals surface area (Å²) in [6.45, 7) is 7.61. The van der Waals surface area contributed by atoms with Crippen molar-refractivity contribution in [2.45, 2.75) is 26.8 Å². The Morgan fingerprint density at radius 3 is 2.67 bits per heavy atom. The lowest BCUT2D eigenvalue weighted by Crippen LogP contribution is -2.26. The van der Waals surface area contributed by atoms with Crippen molar-refractivity contribution in [3.63, 3.8) is 0 Å². The Hall–Kier alpha value is -1.36. The topological polar surface area (TPSA) is 58.4 Å². The molecule has 3 atom stereocenters. The average Bonchev–Trinajstić information content (AvgIpc) is 2.81. The molecule has 100 valence electrons. The highest BCUT2D eigenvalue weighted by molar-refractivity contribution is 5.71. The van der Waals surface area contributed by atoms with Crippen molar-refractivity contribution >= 4 is 5.97 Å². The highest BCUT2D eigenvalue weighted by Gasteiger charge is 2.37. The van der Waals surface area contributed by atoms with Crippen LogP contribution in [0.25, 0.3) is 0 Å². The van der Waals surface area contributed by atoms with Crippen LogP contribution in [0.15, 0.2) is 6.20 Å². The van der Waals surface area contributed by atoms with Gasteiger partial charge in [-0.05, 0) is 19.8 Å². The van der Waals surface area contributed by atoms with Gasteiger partial charge in [0.25, 0.3) is 0 Å². The fraction of sp³-hybridized carbons (Fsp3) is 0.692. The Labute approximate surface area is 107 Å². The van der Waals surface area contributed by atoms with E-state index in [1.165, 1.54) is 5.56 Å². The molecule has 1 unspecified atom stereocenters. The Morgan fingerprint density at radius 2 is 2.22 bits per heavy atom. The monoisotopic (exact) mass is 251 g/mol. The number of hydrogen-bond acceptors (Lipinski definition) is 3. The number of likely N-dealkylation sites (tertiary alicyclic amines) is 1. The van der Waals surface area contributed by atoms with E-state index in [1.807, 2.05) is 31.8 Å². The van der Waals surface area contributed by atoms with Crippen LogP contribution in [0, 0.1) is 18.8 Å². The summed E-state index contributed by atoms with van der Waals surface area (Å²) in [4.78, 5) is 13.4. The predicted octanol–water partition coefficient (Wildman–Crippen LogP) is 1.44. The van der Waals surface area contributed by atoms with E-state index in [2.05, 4.69) is 16.9 Å². The number of hydrogen-bond donors (Lipinski definition) is 1. The van der Waals surface area contributed by atoms with Gasteiger partial charge in [0.15, 0.2) is 0 Å². The lowest BCUT2D eigenvalue weighted by atomic mass is 9.99. The third kappa shape index (κ3) is 2.27. The summed E-state index contributed by atoms with van der Waals surface area (Å²) in [6, 6.07) is 0.227. The smallest absolute Gasteiger partial charge is 0.308 e. The van der Waals surface area contributed by atoms with Crippen LogP contribution >= 0.6 is 0 Å². The van der Waals surface area contributed by atoms with E-state index in [4.69, 9.17) is 5.11 Å². The number of carbonyl (C=O) groups is 1. The highest BCUT2D eigenvalue weighted by atomic mass is 16.4. The van der Waals surface area contributed by atoms with Crippen molar-refractivity contribution in [2.24, 2.45) is 18.9 Å². The minimum Gasteiger partial charge on any atom is -0.481 e. The van der Waals surface area contributed by atoms with Gasteiger partial charge in [-0.2, -0.15) is 5.10 Å². The van der Waals surface area contributed by atoms with Gasteiger partial charge in [-0.15, -0.1) is 0 Å². The van der Waals surface area contributed by atoms with Crippen LogP contribution in [0.5, 0.6) is 0 Å². The molecule has 2 rings (SSSR count). The largest absolute Gasteiger partial charge is 0.481 e. The van der Waals surface area contributed by atoms with E-state index in [0.717, 1.165) is 12.2 Å². The normalized spacial score (nSPS) is 26.4. The van der Waals surface area contributed by atoms with E-state index in [0.29, 0.717) is 6.54 Å². The first-order chi connectivity index (χ1) is 8.40. The summed E-state index contributed by atoms with van der Waals surface area (Å²) in [7, 11) is 1.91. The number of carboxylic acids is 1. The molecular weight excluding hydrogens is 230 g/mol. The van der Waals surface area contributed by atoms with Gasteiger partial charge in [0.2, 0.25) is 0 Å². The highest BCUT2D eigenvalue weighted by Crippen LogP contribution is 2.31. The number of rotatable bonds is 3. The number of aryl methyl sites for hydroxylation is 2. The summed E-state index contributed by atoms with van der Waals surface area (Å²) >= 11 is 0. The Balaban J connectivity index is 2.14. The number of aliphatic carboxylic acids is 1. The first-order valence-electron chi connectivity index (χ1n) is 6.37. The lowest BCUT2D eigenvalue weighted by molar-refractivity contribution is -0.142. The van der Waals surface area contributed by atoms with Gasteiger partial charge in [0.1, 0.15) is 0 Å². The second-order valence-corrected chi connectivity index (χ2v) is 5.40. The third-order valence-corrected chi connectivity index (χ3v) is 4.01. The summed E-state index contributed by atoms with van der Waals surface area (Å²) in [5.41, 5.74) is 2.21. The molecule has 1 N–H and O–H groups in total. The molecule has 2 heterocycles. The Kier molecular flexibility index (Phi) is 3.43. The molecule has 18 heavy (non-hydrogen) atoms. The van der Waals surface area contributed by atoms with Gasteiger partial charge < -0.3 is 5.11 Å². The quantitative estimate of drug-likeness (QED) is 0.883. The fourth-order valence-electron chi connectivity index (χ4n) is 2.87. The zero-order chi connectivity index (χ0) is 13.4. The fourth-order valence-corrected chi connectivity index (χ4v) is 2.87. The lowest BCUT2D eigenvalue weighted by Gasteiger charge is -2.23. The molecule has 0 bridgehead atoms. The summed E-state index contributed by atoms with van der Waals surface area (Å²) in [6.07, 6.45) is 2.03. The Morgan fingerprint density at radius 1 is 1.56 bits per heavy atom. The maximum atomic E-state index is 11.1. The maximum Gasteiger partial charge on any atom is 0.308 e. The average molecular weight is 251 g/mol. The second kappa shape index (κ2) is 4.72. The summed E-state index contributed by atoms with van der Waals surface area (Å²) in [5.74, 6) is -0.716. The molecule has 1 aliphatic heterocycles. The van der Waals surface area contributed by atoms with Gasteiger partial charge in [-0.1, -0.05) is 6.92 Å². The molecule has 0 amide bonds. The van der Waals surface area contributed by atoms with Crippen LogP contribution in [0.3, 0.4) is 0 Å². The van der Waals surface area contributed by atoms with E-state index in [-0.39, 0.29) is 17.9 Å². The first kappa shape index (κ1) is 13.1. The van der Waals surface area contributed by atoms with Crippen LogP contribution in [-0.4, -0.2) is 38.8 Å². The van der Waals surface area contributed by atoms with Crippen LogP contribution in [0.1, 0.15) is 31.1 Å². The van der Waals surface area contributed by atoms with Crippen molar-refractivity contribution in [1.82, 2.24) is 14.7 Å². The van der Waals surface area contributed by atoms with Gasteiger partial charge in [-0.25, -0.2) is 0 Å². The van der Waals surface area contributed by atoms with Gasteiger partial charge in [0.05, 0.1) is 11.6 Å². The maximum absolute atomic E-state index is 11.1. The number of aromatic nitrogens is 2. The molecule has 0 spiro atoms. The Bertz CT molecular complexity index is 455. The molecule has 0 aliphatic carbocycles. The molecule has 0 aromatic carbocycles. The molecule has 1 saturated heterocycles. The molecule has 1 aliphatic rings. The van der Waals surface area contributed by atoms with E-state index < -0.39 is 5.97 Å². The van der Waals surface area contributed by atoms with Crippen LogP contribution < -0.4 is 0 Å². The zero-order valence-electron chi connectivity index (χ0n) is 11.4. The van der Waals surface area contributed by atoms with E-state index in [9.17, 15) is 4.79 Å². The number of carboxylic acid groups (broad SMARTS) is 1. The molecule has 0 saturated carbocycles. The molecular formula is C13H21N3O2. The van der Waals surface area contributed by atoms with Crippen molar-refractivity contribution in [1.29, 1.82) is 0 Å². The molecule has 1 aromatic rings. The number of nitrogens with zero attached hydrogens (tertiary/aromatic N) is 3. The molecule has 1 fully saturated rings. The molecule has 1 aromatic heterocycles. The van der Waals surface area contributed by atoms with Crippen LogP contribution in [0.2, 0.25) is 0 Å². The zero-order valence-corrected chi connectivity index (χ0v) is 11.4. The van der Waals surface area contributed by atoms with Gasteiger partial charge >= 0.3 is 5.97 Å². The standard InChI is InChI=1S/C13H21N3O2/c1-8-5-16(7-11(8)13(17)18)10(3)12-6-15(4)14-9(12)2/h6,8,10-11H,5,7H2,1-4H3,(H,17,18)/t8-,10?,11-/m1/s1. The predicted molar refractivity (Wildman–Crippen MR) is 68.2 cm³/mol. The third-order valence-electron chi connectivity index (χ3n) is 4.01. The first-order valence-corrected chi connectivity index (χ1v) is 6.37. The summed E-state index contributed by atoms with van der Waals surface area (Å²) < 4.78 is 1.81. The second-order valence-electron chi connectivity index (χ2n) is 5.40. The minimum absolute atomic E-state index is 0.210. The van der Waals surface area contributed by atoms with Gasteiger partial charge in [-0.3, -0.25) is 14.4 Å². The van der Waals surface area contributed by atoms with Crippen molar-refractivity contribution in [3.8, 4) is 0 Å². The van der Waals surface area contributed by atoms with Crippen molar-refractivity contribution in [3.05, 3.63) is 17.5 Å². The SMILES string of the molecule is Cc1nn(C)cc1C(C)N1C[C@@H](C)[C@H](C(=O)O)C1. The van der Waals surface area contributed by atoms with Crippen LogP contribution in [0.4, 0.5) is 0 Å². The molecule has 5 heteroatoms. The molecule has 0 radical (unpaired) electrons. The van der Waals surface area contributed by atoms with E-state index in [1.54, 1.807) is 0 Å². The summed E-state index contributed by atoms with van der Waals surface area (Å²) in [5, 5.41) is 13.5. The van der Waals surface area contributed by atoms with Crippen LogP contribution in [-0.2, 0) is 11.8 Å². The van der Waals surface area contributed by atoms with Crippen molar-refractivity contribution in [2.75, 3.05) is 13.1 Å². The minimum atomic E-state index is -0.680.